The van der Waals surface area contributed by atoms with Crippen LogP contribution in [0.5, 0.6) is 0 Å². The minimum Gasteiger partial charge on any atom is -0.453 e. The summed E-state index contributed by atoms with van der Waals surface area (Å²) in [6.45, 7) is 4.95. The summed E-state index contributed by atoms with van der Waals surface area (Å²) < 4.78 is 10.4. The number of nitrogens with zero attached hydrogens (tertiary/aromatic N) is 2. The molecule has 0 atom stereocenters. The van der Waals surface area contributed by atoms with Gasteiger partial charge in [0.2, 0.25) is 0 Å². The van der Waals surface area contributed by atoms with E-state index in [1.54, 1.807) is 0 Å². The first kappa shape index (κ1) is 15.3. The van der Waals surface area contributed by atoms with Crippen molar-refractivity contribution in [1.82, 2.24) is 9.80 Å². The van der Waals surface area contributed by atoms with Gasteiger partial charge in [0.05, 0.1) is 20.3 Å². The van der Waals surface area contributed by atoms with Crippen LogP contribution in [0.3, 0.4) is 0 Å². The molecule has 2 fully saturated rings. The van der Waals surface area contributed by atoms with E-state index >= 15 is 0 Å². The summed E-state index contributed by atoms with van der Waals surface area (Å²) in [4.78, 5) is 16.1. The Morgan fingerprint density at radius 3 is 2.32 bits per heavy atom. The molecular weight excluding hydrogens is 280 g/mol. The van der Waals surface area contributed by atoms with E-state index in [4.69, 9.17) is 9.47 Å². The highest BCUT2D eigenvalue weighted by molar-refractivity contribution is 5.67. The molecule has 1 aromatic rings. The summed E-state index contributed by atoms with van der Waals surface area (Å²) in [6, 6.07) is 10.7. The molecule has 1 aromatic carbocycles. The standard InChI is InChI=1S/C17H24N2O3/c1-21-16(20)18-9-7-17(8-10-18,15-5-3-2-4-6-15)19-11-13-22-14-12-19/h2-6H,7-14H2,1H3. The van der Waals surface area contributed by atoms with Crippen LogP contribution in [-0.4, -0.2) is 62.4 Å². The van der Waals surface area contributed by atoms with Gasteiger partial charge in [0, 0.05) is 31.7 Å². The first-order valence-electron chi connectivity index (χ1n) is 7.97. The van der Waals surface area contributed by atoms with Crippen LogP contribution < -0.4 is 0 Å². The molecule has 0 aliphatic carbocycles. The van der Waals surface area contributed by atoms with Gasteiger partial charge in [0.25, 0.3) is 0 Å². The molecular formula is C17H24N2O3. The second kappa shape index (κ2) is 6.67. The predicted molar refractivity (Wildman–Crippen MR) is 83.7 cm³/mol. The highest BCUT2D eigenvalue weighted by Crippen LogP contribution is 2.39. The van der Waals surface area contributed by atoms with Crippen molar-refractivity contribution in [3.63, 3.8) is 0 Å². The lowest BCUT2D eigenvalue weighted by Gasteiger charge is -2.50. The number of methoxy groups -OCH3 is 1. The number of hydrogen-bond donors (Lipinski definition) is 0. The van der Waals surface area contributed by atoms with Crippen LogP contribution in [0.15, 0.2) is 30.3 Å². The number of rotatable bonds is 2. The van der Waals surface area contributed by atoms with Gasteiger partial charge < -0.3 is 14.4 Å². The van der Waals surface area contributed by atoms with Crippen LogP contribution in [0.1, 0.15) is 18.4 Å². The number of ether oxygens (including phenoxy) is 2. The van der Waals surface area contributed by atoms with Gasteiger partial charge in [-0.2, -0.15) is 0 Å². The van der Waals surface area contributed by atoms with Crippen molar-refractivity contribution in [2.75, 3.05) is 46.5 Å². The molecule has 2 aliphatic heterocycles. The zero-order valence-corrected chi connectivity index (χ0v) is 13.2. The van der Waals surface area contributed by atoms with Crippen LogP contribution in [0.2, 0.25) is 0 Å². The topological polar surface area (TPSA) is 42.0 Å². The van der Waals surface area contributed by atoms with E-state index < -0.39 is 0 Å². The molecule has 0 aromatic heterocycles. The lowest BCUT2D eigenvalue weighted by atomic mass is 9.79. The van der Waals surface area contributed by atoms with E-state index in [-0.39, 0.29) is 11.6 Å². The van der Waals surface area contributed by atoms with Gasteiger partial charge in [-0.15, -0.1) is 0 Å². The third kappa shape index (κ3) is 2.83. The molecule has 1 amide bonds. The lowest BCUT2D eigenvalue weighted by Crippen LogP contribution is -2.57. The molecule has 3 rings (SSSR count). The van der Waals surface area contributed by atoms with E-state index in [0.717, 1.165) is 52.2 Å². The summed E-state index contributed by atoms with van der Waals surface area (Å²) in [5.74, 6) is 0. The van der Waals surface area contributed by atoms with E-state index in [2.05, 4.69) is 35.2 Å². The Morgan fingerprint density at radius 2 is 1.73 bits per heavy atom. The summed E-state index contributed by atoms with van der Waals surface area (Å²) in [7, 11) is 1.45. The van der Waals surface area contributed by atoms with Gasteiger partial charge in [-0.25, -0.2) is 4.79 Å². The number of carbonyl (C=O) groups excluding carboxylic acids is 1. The Morgan fingerprint density at radius 1 is 1.09 bits per heavy atom. The largest absolute Gasteiger partial charge is 0.453 e. The zero-order valence-electron chi connectivity index (χ0n) is 13.2. The first-order valence-corrected chi connectivity index (χ1v) is 7.97. The molecule has 2 aliphatic rings. The average Bonchev–Trinajstić information content (AvgIpc) is 2.62. The number of likely N-dealkylation sites (tertiary alicyclic amines) is 1. The number of morpholine rings is 1. The Bertz CT molecular complexity index is 492. The van der Waals surface area contributed by atoms with Crippen molar-refractivity contribution in [2.24, 2.45) is 0 Å². The Kier molecular flexibility index (Phi) is 4.64. The summed E-state index contributed by atoms with van der Waals surface area (Å²) in [5, 5.41) is 0. The SMILES string of the molecule is COC(=O)N1CCC(c2ccccc2)(N2CCOCC2)CC1. The second-order valence-corrected chi connectivity index (χ2v) is 5.95. The van der Waals surface area contributed by atoms with Gasteiger partial charge in [0.1, 0.15) is 0 Å². The quantitative estimate of drug-likeness (QED) is 0.839. The van der Waals surface area contributed by atoms with Gasteiger partial charge >= 0.3 is 6.09 Å². The van der Waals surface area contributed by atoms with Gasteiger partial charge in [-0.05, 0) is 18.4 Å². The van der Waals surface area contributed by atoms with Crippen molar-refractivity contribution in [2.45, 2.75) is 18.4 Å². The van der Waals surface area contributed by atoms with Crippen molar-refractivity contribution < 1.29 is 14.3 Å². The van der Waals surface area contributed by atoms with Crippen molar-refractivity contribution in [3.05, 3.63) is 35.9 Å². The number of amides is 1. The van der Waals surface area contributed by atoms with Gasteiger partial charge in [-0.1, -0.05) is 30.3 Å². The smallest absolute Gasteiger partial charge is 0.409 e. The van der Waals surface area contributed by atoms with Crippen molar-refractivity contribution in [1.29, 1.82) is 0 Å². The van der Waals surface area contributed by atoms with Crippen LogP contribution >= 0.6 is 0 Å². The maximum absolute atomic E-state index is 11.8. The summed E-state index contributed by atoms with van der Waals surface area (Å²) >= 11 is 0. The molecule has 0 unspecified atom stereocenters. The fraction of sp³-hybridized carbons (Fsp3) is 0.588. The highest BCUT2D eigenvalue weighted by atomic mass is 16.5. The molecule has 0 N–H and O–H groups in total. The van der Waals surface area contributed by atoms with Crippen molar-refractivity contribution >= 4 is 6.09 Å². The molecule has 0 bridgehead atoms. The highest BCUT2D eigenvalue weighted by Gasteiger charge is 2.42. The Balaban J connectivity index is 1.84. The molecule has 0 saturated carbocycles. The van der Waals surface area contributed by atoms with Crippen LogP contribution in [-0.2, 0) is 15.0 Å². The molecule has 5 nitrogen and oxygen atoms in total. The molecule has 120 valence electrons. The lowest BCUT2D eigenvalue weighted by molar-refractivity contribution is -0.0492. The molecule has 0 radical (unpaired) electrons. The third-order valence-electron chi connectivity index (χ3n) is 4.95. The zero-order chi connectivity index (χ0) is 15.4. The number of benzene rings is 1. The fourth-order valence-corrected chi connectivity index (χ4v) is 3.72. The third-order valence-corrected chi connectivity index (χ3v) is 4.95. The average molecular weight is 304 g/mol. The van der Waals surface area contributed by atoms with Gasteiger partial charge in [0.15, 0.2) is 0 Å². The number of hydrogen-bond acceptors (Lipinski definition) is 4. The predicted octanol–water partition coefficient (Wildman–Crippen LogP) is 2.08. The second-order valence-electron chi connectivity index (χ2n) is 5.95. The van der Waals surface area contributed by atoms with Crippen molar-refractivity contribution in [3.8, 4) is 0 Å². The van der Waals surface area contributed by atoms with Crippen LogP contribution in [0, 0.1) is 0 Å². The number of piperidine rings is 1. The first-order chi connectivity index (χ1) is 10.8. The Labute approximate surface area is 131 Å². The van der Waals surface area contributed by atoms with E-state index in [9.17, 15) is 4.79 Å². The summed E-state index contributed by atoms with van der Waals surface area (Å²) in [6.07, 6.45) is 1.65. The molecule has 0 spiro atoms. The van der Waals surface area contributed by atoms with E-state index in [0.29, 0.717) is 0 Å². The normalized spacial score (nSPS) is 22.3. The monoisotopic (exact) mass is 304 g/mol. The Hall–Kier alpha value is -1.59. The van der Waals surface area contributed by atoms with Crippen LogP contribution in [0.25, 0.3) is 0 Å². The maximum Gasteiger partial charge on any atom is 0.409 e. The van der Waals surface area contributed by atoms with E-state index in [1.165, 1.54) is 12.7 Å². The minimum atomic E-state index is -0.219. The maximum atomic E-state index is 11.8. The molecule has 2 saturated heterocycles. The van der Waals surface area contributed by atoms with Gasteiger partial charge in [-0.3, -0.25) is 4.90 Å². The molecule has 2 heterocycles. The molecule has 5 heteroatoms. The number of carbonyl (C=O) groups is 1. The fourth-order valence-electron chi connectivity index (χ4n) is 3.72. The summed E-state index contributed by atoms with van der Waals surface area (Å²) in [5.41, 5.74) is 1.36. The minimum absolute atomic E-state index is 0.00949. The van der Waals surface area contributed by atoms with Crippen LogP contribution in [0.4, 0.5) is 4.79 Å². The molecule has 22 heavy (non-hydrogen) atoms. The van der Waals surface area contributed by atoms with E-state index in [1.807, 2.05) is 4.90 Å².